The molecule has 1 fully saturated rings. The van der Waals surface area contributed by atoms with Gasteiger partial charge in [0, 0.05) is 6.54 Å². The molecule has 4 nitrogen and oxygen atoms in total. The molecule has 0 aromatic rings. The molecule has 0 aliphatic carbocycles. The first kappa shape index (κ1) is 11.5. The van der Waals surface area contributed by atoms with E-state index in [0.717, 1.165) is 13.0 Å². The molecule has 1 N–H and O–H groups in total. The Morgan fingerprint density at radius 1 is 1.64 bits per heavy atom. The van der Waals surface area contributed by atoms with E-state index < -0.39 is 0 Å². The summed E-state index contributed by atoms with van der Waals surface area (Å²) < 4.78 is 10.3. The quantitative estimate of drug-likeness (QED) is 0.675. The van der Waals surface area contributed by atoms with Gasteiger partial charge in [-0.25, -0.2) is 0 Å². The van der Waals surface area contributed by atoms with Gasteiger partial charge in [-0.1, -0.05) is 13.8 Å². The lowest BCUT2D eigenvalue weighted by molar-refractivity contribution is -0.149. The first-order valence-electron chi connectivity index (χ1n) is 5.18. The number of carbonyl (C=O) groups is 1. The molecule has 1 unspecified atom stereocenters. The van der Waals surface area contributed by atoms with Gasteiger partial charge < -0.3 is 14.8 Å². The fourth-order valence-corrected chi connectivity index (χ4v) is 1.21. The molecule has 0 amide bonds. The maximum absolute atomic E-state index is 11.4. The third kappa shape index (κ3) is 4.07. The minimum atomic E-state index is -0.268. The number of hydrogen-bond acceptors (Lipinski definition) is 4. The Balaban J connectivity index is 2.13. The Labute approximate surface area is 85.0 Å². The van der Waals surface area contributed by atoms with Crippen molar-refractivity contribution in [3.05, 3.63) is 0 Å². The second-order valence-corrected chi connectivity index (χ2v) is 3.93. The van der Waals surface area contributed by atoms with Gasteiger partial charge in [-0.2, -0.15) is 0 Å². The van der Waals surface area contributed by atoms with Gasteiger partial charge in [0.05, 0.1) is 19.8 Å². The highest BCUT2D eigenvalue weighted by Crippen LogP contribution is 2.01. The van der Waals surface area contributed by atoms with Crippen LogP contribution in [0.15, 0.2) is 0 Å². The van der Waals surface area contributed by atoms with E-state index in [1.807, 2.05) is 0 Å². The standard InChI is InChI=1S/C10H19NO3/c1-8(2)3-5-14-10(12)9-7-13-6-4-11-9/h8-9,11H,3-7H2,1-2H3. The molecule has 0 saturated carbocycles. The van der Waals surface area contributed by atoms with Gasteiger partial charge in [0.25, 0.3) is 0 Å². The number of ether oxygens (including phenoxy) is 2. The van der Waals surface area contributed by atoms with Crippen molar-refractivity contribution in [2.75, 3.05) is 26.4 Å². The van der Waals surface area contributed by atoms with Crippen LogP contribution in [0, 0.1) is 5.92 Å². The van der Waals surface area contributed by atoms with Crippen LogP contribution in [-0.2, 0) is 14.3 Å². The van der Waals surface area contributed by atoms with Gasteiger partial charge in [0.2, 0.25) is 0 Å². The Morgan fingerprint density at radius 2 is 2.43 bits per heavy atom. The van der Waals surface area contributed by atoms with Crippen molar-refractivity contribution in [2.24, 2.45) is 5.92 Å². The third-order valence-electron chi connectivity index (χ3n) is 2.15. The summed E-state index contributed by atoms with van der Waals surface area (Å²) in [4.78, 5) is 11.4. The van der Waals surface area contributed by atoms with E-state index in [9.17, 15) is 4.79 Å². The minimum absolute atomic E-state index is 0.189. The van der Waals surface area contributed by atoms with Gasteiger partial charge in [-0.15, -0.1) is 0 Å². The molecule has 82 valence electrons. The highest BCUT2D eigenvalue weighted by molar-refractivity contribution is 5.76. The molecule has 4 heteroatoms. The lowest BCUT2D eigenvalue weighted by atomic mass is 10.1. The fraction of sp³-hybridized carbons (Fsp3) is 0.900. The lowest BCUT2D eigenvalue weighted by Gasteiger charge is -2.22. The normalized spacial score (nSPS) is 22.4. The molecule has 1 rings (SSSR count). The molecule has 1 heterocycles. The number of hydrogen-bond donors (Lipinski definition) is 1. The zero-order valence-electron chi connectivity index (χ0n) is 8.91. The van der Waals surface area contributed by atoms with Crippen LogP contribution in [0.1, 0.15) is 20.3 Å². The van der Waals surface area contributed by atoms with E-state index in [0.29, 0.717) is 25.7 Å². The second kappa shape index (κ2) is 5.98. The molecule has 1 atom stereocenters. The van der Waals surface area contributed by atoms with Crippen LogP contribution >= 0.6 is 0 Å². The summed E-state index contributed by atoms with van der Waals surface area (Å²) in [5.74, 6) is 0.378. The average Bonchev–Trinajstić information content (AvgIpc) is 2.18. The SMILES string of the molecule is CC(C)CCOC(=O)C1COCCN1. The minimum Gasteiger partial charge on any atom is -0.464 e. The van der Waals surface area contributed by atoms with E-state index in [-0.39, 0.29) is 12.0 Å². The van der Waals surface area contributed by atoms with Crippen molar-refractivity contribution in [1.29, 1.82) is 0 Å². The molecule has 0 bridgehead atoms. The summed E-state index contributed by atoms with van der Waals surface area (Å²) in [5.41, 5.74) is 0. The van der Waals surface area contributed by atoms with Gasteiger partial charge in [-0.05, 0) is 12.3 Å². The van der Waals surface area contributed by atoms with Gasteiger partial charge >= 0.3 is 5.97 Å². The maximum atomic E-state index is 11.4. The van der Waals surface area contributed by atoms with E-state index in [1.165, 1.54) is 0 Å². The van der Waals surface area contributed by atoms with Crippen molar-refractivity contribution in [2.45, 2.75) is 26.3 Å². The van der Waals surface area contributed by atoms with E-state index in [2.05, 4.69) is 19.2 Å². The monoisotopic (exact) mass is 201 g/mol. The van der Waals surface area contributed by atoms with Crippen LogP contribution in [0.3, 0.4) is 0 Å². The molecular formula is C10H19NO3. The number of carbonyl (C=O) groups excluding carboxylic acids is 1. The Hall–Kier alpha value is -0.610. The molecule has 0 spiro atoms. The number of esters is 1. The molecule has 1 aliphatic heterocycles. The lowest BCUT2D eigenvalue weighted by Crippen LogP contribution is -2.47. The van der Waals surface area contributed by atoms with Gasteiger partial charge in [-0.3, -0.25) is 4.79 Å². The molecule has 1 saturated heterocycles. The third-order valence-corrected chi connectivity index (χ3v) is 2.15. The van der Waals surface area contributed by atoms with Crippen LogP contribution in [0.2, 0.25) is 0 Å². The van der Waals surface area contributed by atoms with Gasteiger partial charge in [0.15, 0.2) is 0 Å². The number of morpholine rings is 1. The van der Waals surface area contributed by atoms with Crippen molar-refractivity contribution < 1.29 is 14.3 Å². The van der Waals surface area contributed by atoms with Crippen LogP contribution in [0.5, 0.6) is 0 Å². The van der Waals surface area contributed by atoms with E-state index >= 15 is 0 Å². The van der Waals surface area contributed by atoms with Crippen LogP contribution in [0.4, 0.5) is 0 Å². The van der Waals surface area contributed by atoms with Gasteiger partial charge in [0.1, 0.15) is 6.04 Å². The van der Waals surface area contributed by atoms with Crippen molar-refractivity contribution >= 4 is 5.97 Å². The summed E-state index contributed by atoms with van der Waals surface area (Å²) in [5, 5.41) is 3.06. The highest BCUT2D eigenvalue weighted by Gasteiger charge is 2.22. The predicted molar refractivity (Wildman–Crippen MR) is 53.0 cm³/mol. The summed E-state index contributed by atoms with van der Waals surface area (Å²) in [6.07, 6.45) is 0.916. The Bertz CT molecular complexity index is 176. The predicted octanol–water partition coefficient (Wildman–Crippen LogP) is 0.564. The summed E-state index contributed by atoms with van der Waals surface area (Å²) in [6, 6.07) is -0.268. The van der Waals surface area contributed by atoms with E-state index in [1.54, 1.807) is 0 Å². The van der Waals surface area contributed by atoms with Crippen molar-refractivity contribution in [3.8, 4) is 0 Å². The summed E-state index contributed by atoms with van der Waals surface area (Å²) >= 11 is 0. The smallest absolute Gasteiger partial charge is 0.325 e. The van der Waals surface area contributed by atoms with Crippen LogP contribution in [0.25, 0.3) is 0 Å². The molecule has 0 radical (unpaired) electrons. The molecule has 0 aromatic carbocycles. The van der Waals surface area contributed by atoms with Crippen LogP contribution < -0.4 is 5.32 Å². The first-order valence-corrected chi connectivity index (χ1v) is 5.18. The molecule has 14 heavy (non-hydrogen) atoms. The fourth-order valence-electron chi connectivity index (χ4n) is 1.21. The topological polar surface area (TPSA) is 47.6 Å². The van der Waals surface area contributed by atoms with Crippen molar-refractivity contribution in [3.63, 3.8) is 0 Å². The molecule has 0 aromatic heterocycles. The van der Waals surface area contributed by atoms with Crippen LogP contribution in [-0.4, -0.2) is 38.4 Å². The van der Waals surface area contributed by atoms with E-state index in [4.69, 9.17) is 9.47 Å². The second-order valence-electron chi connectivity index (χ2n) is 3.93. The summed E-state index contributed by atoms with van der Waals surface area (Å²) in [6.45, 7) is 6.56. The molecular weight excluding hydrogens is 182 g/mol. The van der Waals surface area contributed by atoms with Crippen molar-refractivity contribution in [1.82, 2.24) is 5.32 Å². The highest BCUT2D eigenvalue weighted by atomic mass is 16.5. The Morgan fingerprint density at radius 3 is 3.00 bits per heavy atom. The largest absolute Gasteiger partial charge is 0.464 e. The number of nitrogens with one attached hydrogen (secondary N) is 1. The zero-order chi connectivity index (χ0) is 10.4. The summed E-state index contributed by atoms with van der Waals surface area (Å²) in [7, 11) is 0. The molecule has 1 aliphatic rings. The maximum Gasteiger partial charge on any atom is 0.325 e. The first-order chi connectivity index (χ1) is 6.70. The average molecular weight is 201 g/mol. The Kier molecular flexibility index (Phi) is 4.90. The zero-order valence-corrected chi connectivity index (χ0v) is 8.91. The number of rotatable bonds is 4.